The molecule has 0 fully saturated rings. The molecule has 2 aromatic carbocycles. The topological polar surface area (TPSA) is 56.1 Å². The van der Waals surface area contributed by atoms with E-state index in [0.717, 1.165) is 51.3 Å². The molecular formula is C21H21N3O2S. The van der Waals surface area contributed by atoms with Crippen LogP contribution in [-0.2, 0) is 11.3 Å². The molecule has 1 aliphatic heterocycles. The number of benzene rings is 2. The molecule has 0 saturated carbocycles. The van der Waals surface area contributed by atoms with Crippen molar-refractivity contribution in [2.45, 2.75) is 25.5 Å². The molecule has 1 aromatic heterocycles. The predicted octanol–water partition coefficient (Wildman–Crippen LogP) is 4.29. The fourth-order valence-corrected chi connectivity index (χ4v) is 3.92. The van der Waals surface area contributed by atoms with Gasteiger partial charge in [-0.15, -0.1) is 0 Å². The highest BCUT2D eigenvalue weighted by atomic mass is 32.2. The molecular weight excluding hydrogens is 358 g/mol. The van der Waals surface area contributed by atoms with E-state index < -0.39 is 0 Å². The number of imidazole rings is 1. The van der Waals surface area contributed by atoms with Gasteiger partial charge in [-0.25, -0.2) is 4.98 Å². The fraction of sp³-hybridized carbons (Fsp3) is 0.238. The third-order valence-electron chi connectivity index (χ3n) is 4.47. The summed E-state index contributed by atoms with van der Waals surface area (Å²) in [6, 6.07) is 13.7. The zero-order chi connectivity index (χ0) is 18.8. The summed E-state index contributed by atoms with van der Waals surface area (Å²) in [6.07, 6.45) is 2.08. The van der Waals surface area contributed by atoms with Crippen molar-refractivity contribution >= 4 is 23.4 Å². The summed E-state index contributed by atoms with van der Waals surface area (Å²) >= 11 is 1.78. The second kappa shape index (κ2) is 7.48. The van der Waals surface area contributed by atoms with Crippen molar-refractivity contribution in [1.29, 1.82) is 0 Å². The van der Waals surface area contributed by atoms with Gasteiger partial charge in [-0.3, -0.25) is 4.79 Å². The Morgan fingerprint density at radius 3 is 2.81 bits per heavy atom. The molecule has 2 heterocycles. The quantitative estimate of drug-likeness (QED) is 0.718. The van der Waals surface area contributed by atoms with Crippen molar-refractivity contribution in [3.8, 4) is 17.0 Å². The SMILES string of the molecule is Cc1ccc(C)c(OCC(=O)Nc2ccc(-c3cn4c(n3)SCC4)cc2)c1. The Hall–Kier alpha value is -2.73. The number of ether oxygens (including phenoxy) is 1. The van der Waals surface area contributed by atoms with Crippen LogP contribution in [0.15, 0.2) is 53.8 Å². The average molecular weight is 379 g/mol. The van der Waals surface area contributed by atoms with E-state index in [0.29, 0.717) is 0 Å². The number of amides is 1. The Bertz CT molecular complexity index is 958. The third-order valence-corrected chi connectivity index (χ3v) is 5.44. The van der Waals surface area contributed by atoms with E-state index in [1.807, 2.05) is 56.3 Å². The predicted molar refractivity (Wildman–Crippen MR) is 108 cm³/mol. The first-order chi connectivity index (χ1) is 13.1. The molecule has 5 nitrogen and oxygen atoms in total. The second-order valence-electron chi connectivity index (χ2n) is 6.63. The maximum absolute atomic E-state index is 12.2. The zero-order valence-corrected chi connectivity index (χ0v) is 16.2. The van der Waals surface area contributed by atoms with Crippen molar-refractivity contribution in [2.24, 2.45) is 0 Å². The van der Waals surface area contributed by atoms with E-state index in [2.05, 4.69) is 21.1 Å². The average Bonchev–Trinajstić information content (AvgIpc) is 3.25. The number of hydrogen-bond acceptors (Lipinski definition) is 4. The van der Waals surface area contributed by atoms with Crippen LogP contribution in [0.1, 0.15) is 11.1 Å². The van der Waals surface area contributed by atoms with Crippen molar-refractivity contribution < 1.29 is 9.53 Å². The molecule has 27 heavy (non-hydrogen) atoms. The molecule has 4 rings (SSSR count). The van der Waals surface area contributed by atoms with Gasteiger partial charge >= 0.3 is 0 Å². The van der Waals surface area contributed by atoms with Crippen molar-refractivity contribution in [3.05, 3.63) is 59.8 Å². The maximum atomic E-state index is 12.2. The maximum Gasteiger partial charge on any atom is 0.262 e. The first kappa shape index (κ1) is 17.7. The van der Waals surface area contributed by atoms with E-state index in [9.17, 15) is 4.79 Å². The highest BCUT2D eigenvalue weighted by Crippen LogP contribution is 2.29. The standard InChI is InChI=1S/C21H21N3O2S/c1-14-3-4-15(2)19(11-14)26-13-20(25)22-17-7-5-16(6-8-17)18-12-24-9-10-27-21(24)23-18/h3-8,11-12H,9-10,13H2,1-2H3,(H,22,25). The van der Waals surface area contributed by atoms with Crippen molar-refractivity contribution in [1.82, 2.24) is 9.55 Å². The molecule has 6 heteroatoms. The van der Waals surface area contributed by atoms with Crippen LogP contribution in [0, 0.1) is 13.8 Å². The van der Waals surface area contributed by atoms with E-state index in [1.54, 1.807) is 11.8 Å². The first-order valence-corrected chi connectivity index (χ1v) is 9.87. The molecule has 138 valence electrons. The van der Waals surface area contributed by atoms with Crippen LogP contribution >= 0.6 is 11.8 Å². The lowest BCUT2D eigenvalue weighted by Crippen LogP contribution is -2.20. The van der Waals surface area contributed by atoms with Crippen LogP contribution in [0.25, 0.3) is 11.3 Å². The van der Waals surface area contributed by atoms with Crippen LogP contribution in [0.4, 0.5) is 5.69 Å². The number of anilines is 1. The first-order valence-electron chi connectivity index (χ1n) is 8.89. The van der Waals surface area contributed by atoms with Gasteiger partial charge in [-0.05, 0) is 43.2 Å². The minimum absolute atomic E-state index is 0.0168. The lowest BCUT2D eigenvalue weighted by Gasteiger charge is -2.10. The largest absolute Gasteiger partial charge is 0.483 e. The van der Waals surface area contributed by atoms with Gasteiger partial charge in [-0.2, -0.15) is 0 Å². The molecule has 0 unspecified atom stereocenters. The van der Waals surface area contributed by atoms with Crippen LogP contribution < -0.4 is 10.1 Å². The van der Waals surface area contributed by atoms with Gasteiger partial charge in [0.15, 0.2) is 11.8 Å². The summed E-state index contributed by atoms with van der Waals surface area (Å²) in [5.41, 5.74) is 4.88. The number of rotatable bonds is 5. The lowest BCUT2D eigenvalue weighted by atomic mass is 10.1. The van der Waals surface area contributed by atoms with Gasteiger partial charge < -0.3 is 14.6 Å². The molecule has 0 aliphatic carbocycles. The monoisotopic (exact) mass is 379 g/mol. The Labute approximate surface area is 162 Å². The van der Waals surface area contributed by atoms with E-state index in [4.69, 9.17) is 4.74 Å². The van der Waals surface area contributed by atoms with Crippen molar-refractivity contribution in [2.75, 3.05) is 17.7 Å². The van der Waals surface area contributed by atoms with E-state index >= 15 is 0 Å². The number of carbonyl (C=O) groups is 1. The molecule has 0 atom stereocenters. The number of nitrogens with one attached hydrogen (secondary N) is 1. The molecule has 0 spiro atoms. The van der Waals surface area contributed by atoms with Crippen molar-refractivity contribution in [3.63, 3.8) is 0 Å². The number of fused-ring (bicyclic) bond motifs is 1. The molecule has 0 radical (unpaired) electrons. The van der Waals surface area contributed by atoms with E-state index in [-0.39, 0.29) is 12.5 Å². The highest BCUT2D eigenvalue weighted by Gasteiger charge is 2.15. The summed E-state index contributed by atoms with van der Waals surface area (Å²) in [4.78, 5) is 16.8. The van der Waals surface area contributed by atoms with Crippen LogP contribution in [0.5, 0.6) is 5.75 Å². The molecule has 0 saturated heterocycles. The second-order valence-corrected chi connectivity index (χ2v) is 7.70. The number of aryl methyl sites for hydroxylation is 3. The van der Waals surface area contributed by atoms with Gasteiger partial charge in [0.2, 0.25) is 0 Å². The number of carbonyl (C=O) groups excluding carboxylic acids is 1. The van der Waals surface area contributed by atoms with Crippen LogP contribution in [0.3, 0.4) is 0 Å². The summed E-state index contributed by atoms with van der Waals surface area (Å²) in [5.74, 6) is 1.66. The summed E-state index contributed by atoms with van der Waals surface area (Å²) < 4.78 is 7.83. The van der Waals surface area contributed by atoms with Crippen LogP contribution in [0.2, 0.25) is 0 Å². The minimum Gasteiger partial charge on any atom is -0.483 e. The smallest absolute Gasteiger partial charge is 0.262 e. The third kappa shape index (κ3) is 4.01. The highest BCUT2D eigenvalue weighted by molar-refractivity contribution is 7.99. The molecule has 1 aliphatic rings. The zero-order valence-electron chi connectivity index (χ0n) is 15.4. The molecule has 1 amide bonds. The number of hydrogen-bond donors (Lipinski definition) is 1. The minimum atomic E-state index is -0.180. The Kier molecular flexibility index (Phi) is 4.90. The summed E-state index contributed by atoms with van der Waals surface area (Å²) in [7, 11) is 0. The Morgan fingerprint density at radius 2 is 2.04 bits per heavy atom. The molecule has 0 bridgehead atoms. The summed E-state index contributed by atoms with van der Waals surface area (Å²) in [6.45, 7) is 4.97. The van der Waals surface area contributed by atoms with Gasteiger partial charge in [0, 0.05) is 29.7 Å². The van der Waals surface area contributed by atoms with Gasteiger partial charge in [-0.1, -0.05) is 36.0 Å². The number of thioether (sulfide) groups is 1. The molecule has 3 aromatic rings. The molecule has 1 N–H and O–H groups in total. The lowest BCUT2D eigenvalue weighted by molar-refractivity contribution is -0.118. The van der Waals surface area contributed by atoms with Gasteiger partial charge in [0.1, 0.15) is 5.75 Å². The van der Waals surface area contributed by atoms with Crippen LogP contribution in [-0.4, -0.2) is 27.8 Å². The number of nitrogens with zero attached hydrogens (tertiary/aromatic N) is 2. The Balaban J connectivity index is 1.36. The number of aromatic nitrogens is 2. The normalized spacial score (nSPS) is 12.7. The summed E-state index contributed by atoms with van der Waals surface area (Å²) in [5, 5.41) is 3.95. The van der Waals surface area contributed by atoms with E-state index in [1.165, 1.54) is 0 Å². The fourth-order valence-electron chi connectivity index (χ4n) is 2.98. The Morgan fingerprint density at radius 1 is 1.22 bits per heavy atom. The van der Waals surface area contributed by atoms with Gasteiger partial charge in [0.05, 0.1) is 5.69 Å². The van der Waals surface area contributed by atoms with Gasteiger partial charge in [0.25, 0.3) is 5.91 Å².